The smallest absolute Gasteiger partial charge is 0.0576 e. The van der Waals surface area contributed by atoms with E-state index in [0.29, 0.717) is 12.0 Å². The van der Waals surface area contributed by atoms with Gasteiger partial charge in [-0.25, -0.2) is 0 Å². The molecule has 0 saturated heterocycles. The molecule has 4 heteroatoms. The second-order valence-electron chi connectivity index (χ2n) is 5.11. The van der Waals surface area contributed by atoms with Gasteiger partial charge in [-0.3, -0.25) is 9.67 Å². The van der Waals surface area contributed by atoms with Crippen LogP contribution in [0.25, 0.3) is 0 Å². The van der Waals surface area contributed by atoms with Gasteiger partial charge < -0.3 is 5.32 Å². The third-order valence-corrected chi connectivity index (χ3v) is 4.01. The number of aromatic nitrogens is 3. The van der Waals surface area contributed by atoms with E-state index in [9.17, 15) is 0 Å². The molecule has 1 N–H and O–H groups in total. The minimum atomic E-state index is 0.300. The molecule has 0 spiro atoms. The molecule has 1 aliphatic rings. The molecule has 2 atom stereocenters. The molecule has 4 nitrogen and oxygen atoms in total. The van der Waals surface area contributed by atoms with Gasteiger partial charge in [0.1, 0.15) is 0 Å². The first-order chi connectivity index (χ1) is 9.31. The van der Waals surface area contributed by atoms with E-state index in [1.165, 1.54) is 17.0 Å². The number of fused-ring (bicyclic) bond motifs is 1. The number of rotatable bonds is 4. The van der Waals surface area contributed by atoms with Crippen LogP contribution in [-0.2, 0) is 13.5 Å². The van der Waals surface area contributed by atoms with Crippen LogP contribution >= 0.6 is 0 Å². The quantitative estimate of drug-likeness (QED) is 0.912. The summed E-state index contributed by atoms with van der Waals surface area (Å²) in [7, 11) is 2.01. The van der Waals surface area contributed by atoms with Crippen molar-refractivity contribution in [2.75, 3.05) is 6.54 Å². The van der Waals surface area contributed by atoms with Crippen molar-refractivity contribution in [3.63, 3.8) is 0 Å². The van der Waals surface area contributed by atoms with E-state index in [2.05, 4.69) is 34.5 Å². The molecule has 2 aromatic rings. The van der Waals surface area contributed by atoms with Crippen LogP contribution in [0.4, 0.5) is 0 Å². The summed E-state index contributed by atoms with van der Waals surface area (Å²) in [5, 5.41) is 7.91. The molecule has 100 valence electrons. The van der Waals surface area contributed by atoms with Gasteiger partial charge in [-0.2, -0.15) is 5.10 Å². The molecule has 0 aliphatic heterocycles. The van der Waals surface area contributed by atoms with Crippen LogP contribution in [-0.4, -0.2) is 21.3 Å². The summed E-state index contributed by atoms with van der Waals surface area (Å²) in [6.45, 7) is 3.10. The predicted octanol–water partition coefficient (Wildman–Crippen LogP) is 2.20. The monoisotopic (exact) mass is 256 g/mol. The molecule has 2 aromatic heterocycles. The molecule has 0 fully saturated rings. The summed E-state index contributed by atoms with van der Waals surface area (Å²) in [4.78, 5) is 4.61. The van der Waals surface area contributed by atoms with E-state index in [1.54, 1.807) is 0 Å². The Hall–Kier alpha value is -1.68. The Morgan fingerprint density at radius 3 is 3.05 bits per heavy atom. The summed E-state index contributed by atoms with van der Waals surface area (Å²) in [6, 6.07) is 6.64. The van der Waals surface area contributed by atoms with Crippen LogP contribution in [0, 0.1) is 0 Å². The molecule has 0 bridgehead atoms. The van der Waals surface area contributed by atoms with E-state index >= 15 is 0 Å². The molecular formula is C15H20N4. The molecular weight excluding hydrogens is 236 g/mol. The summed E-state index contributed by atoms with van der Waals surface area (Å²) in [6.07, 6.45) is 6.07. The maximum absolute atomic E-state index is 4.61. The minimum absolute atomic E-state index is 0.300. The van der Waals surface area contributed by atoms with Gasteiger partial charge in [0.2, 0.25) is 0 Å². The van der Waals surface area contributed by atoms with Crippen molar-refractivity contribution in [2.24, 2.45) is 7.05 Å². The molecule has 19 heavy (non-hydrogen) atoms. The average molecular weight is 256 g/mol. The topological polar surface area (TPSA) is 42.7 Å². The summed E-state index contributed by atoms with van der Waals surface area (Å²) < 4.78 is 1.97. The maximum Gasteiger partial charge on any atom is 0.0576 e. The first kappa shape index (κ1) is 12.4. The van der Waals surface area contributed by atoms with Crippen molar-refractivity contribution < 1.29 is 0 Å². The highest BCUT2D eigenvalue weighted by molar-refractivity contribution is 5.31. The number of hydrogen-bond donors (Lipinski definition) is 1. The highest BCUT2D eigenvalue weighted by atomic mass is 15.3. The summed E-state index contributed by atoms with van der Waals surface area (Å²) in [5.41, 5.74) is 3.90. The van der Waals surface area contributed by atoms with Crippen molar-refractivity contribution >= 4 is 0 Å². The van der Waals surface area contributed by atoms with Crippen LogP contribution in [0.3, 0.4) is 0 Å². The van der Waals surface area contributed by atoms with Crippen molar-refractivity contribution in [2.45, 2.75) is 31.7 Å². The fourth-order valence-electron chi connectivity index (χ4n) is 3.13. The molecule has 0 radical (unpaired) electrons. The number of pyridine rings is 1. The molecule has 0 saturated carbocycles. The Bertz CT molecular complexity index is 561. The minimum Gasteiger partial charge on any atom is -0.308 e. The number of aryl methyl sites for hydroxylation is 2. The lowest BCUT2D eigenvalue weighted by molar-refractivity contribution is 0.422. The molecule has 2 heterocycles. The fourth-order valence-corrected chi connectivity index (χ4v) is 3.13. The largest absolute Gasteiger partial charge is 0.308 e. The average Bonchev–Trinajstić information content (AvgIpc) is 3.03. The van der Waals surface area contributed by atoms with Crippen LogP contribution in [0.5, 0.6) is 0 Å². The van der Waals surface area contributed by atoms with Crippen LogP contribution in [0.15, 0.2) is 30.6 Å². The lowest BCUT2D eigenvalue weighted by Gasteiger charge is -2.24. The summed E-state index contributed by atoms with van der Waals surface area (Å²) >= 11 is 0. The predicted molar refractivity (Wildman–Crippen MR) is 74.9 cm³/mol. The highest BCUT2D eigenvalue weighted by Gasteiger charge is 2.32. The van der Waals surface area contributed by atoms with Crippen LogP contribution in [0.1, 0.15) is 42.3 Å². The number of nitrogens with zero attached hydrogens (tertiary/aromatic N) is 3. The third-order valence-electron chi connectivity index (χ3n) is 4.01. The Labute approximate surface area is 113 Å². The van der Waals surface area contributed by atoms with Gasteiger partial charge in [-0.1, -0.05) is 13.0 Å². The Morgan fingerprint density at radius 1 is 1.42 bits per heavy atom. The normalized spacial score (nSPS) is 19.4. The van der Waals surface area contributed by atoms with Gasteiger partial charge in [-0.05, 0) is 37.1 Å². The van der Waals surface area contributed by atoms with Crippen LogP contribution in [0.2, 0.25) is 0 Å². The van der Waals surface area contributed by atoms with Gasteiger partial charge in [0.05, 0.1) is 11.7 Å². The molecule has 3 rings (SSSR count). The van der Waals surface area contributed by atoms with Crippen molar-refractivity contribution in [1.82, 2.24) is 20.1 Å². The molecule has 2 unspecified atom stereocenters. The number of likely N-dealkylation sites (N-methyl/N-ethyl adjacent to an activating group) is 1. The van der Waals surface area contributed by atoms with Gasteiger partial charge in [0.25, 0.3) is 0 Å². The molecule has 1 aliphatic carbocycles. The van der Waals surface area contributed by atoms with Gasteiger partial charge in [0.15, 0.2) is 0 Å². The molecule has 0 amide bonds. The summed E-state index contributed by atoms with van der Waals surface area (Å²) in [5.74, 6) is 0.451. The number of hydrogen-bond acceptors (Lipinski definition) is 3. The fraction of sp³-hybridized carbons (Fsp3) is 0.467. The standard InChI is InChI=1S/C15H20N4/c1-3-16-15(13-8-10-18-19(13)2)12-7-6-11-5-4-9-17-14(11)12/h4-5,8-10,12,15-16H,3,6-7H2,1-2H3. The zero-order chi connectivity index (χ0) is 13.2. The Morgan fingerprint density at radius 2 is 2.32 bits per heavy atom. The zero-order valence-electron chi connectivity index (χ0n) is 11.5. The SMILES string of the molecule is CCNC(c1ccnn1C)C1CCc2cccnc21. The Balaban J connectivity index is 1.96. The van der Waals surface area contributed by atoms with Crippen molar-refractivity contribution in [3.8, 4) is 0 Å². The molecule has 0 aromatic carbocycles. The number of nitrogens with one attached hydrogen (secondary N) is 1. The van der Waals surface area contributed by atoms with Gasteiger partial charge in [-0.15, -0.1) is 0 Å². The van der Waals surface area contributed by atoms with Crippen molar-refractivity contribution in [3.05, 3.63) is 47.5 Å². The maximum atomic E-state index is 4.61. The first-order valence-corrected chi connectivity index (χ1v) is 6.96. The van der Waals surface area contributed by atoms with E-state index in [1.807, 2.05) is 30.2 Å². The van der Waals surface area contributed by atoms with Gasteiger partial charge in [0, 0.05) is 31.1 Å². The van der Waals surface area contributed by atoms with Crippen molar-refractivity contribution in [1.29, 1.82) is 0 Å². The lowest BCUT2D eigenvalue weighted by Crippen LogP contribution is -2.28. The Kier molecular flexibility index (Phi) is 3.34. The highest BCUT2D eigenvalue weighted by Crippen LogP contribution is 2.40. The first-order valence-electron chi connectivity index (χ1n) is 6.96. The van der Waals surface area contributed by atoms with E-state index in [4.69, 9.17) is 0 Å². The second kappa shape index (κ2) is 5.13. The van der Waals surface area contributed by atoms with E-state index in [-0.39, 0.29) is 0 Å². The van der Waals surface area contributed by atoms with Gasteiger partial charge >= 0.3 is 0 Å². The van der Waals surface area contributed by atoms with E-state index in [0.717, 1.165) is 19.4 Å². The lowest BCUT2D eigenvalue weighted by atomic mass is 9.94. The van der Waals surface area contributed by atoms with Crippen LogP contribution < -0.4 is 5.32 Å². The van der Waals surface area contributed by atoms with E-state index < -0.39 is 0 Å². The second-order valence-corrected chi connectivity index (χ2v) is 5.11. The third kappa shape index (κ3) is 2.16. The zero-order valence-corrected chi connectivity index (χ0v) is 11.5.